The maximum atomic E-state index is 6.22. The third-order valence-electron chi connectivity index (χ3n) is 3.09. The van der Waals surface area contributed by atoms with Crippen molar-refractivity contribution in [2.24, 2.45) is 0 Å². The number of H-pyrrole nitrogens is 1. The largest absolute Gasteiger partial charge is 0.496 e. The Labute approximate surface area is 111 Å². The van der Waals surface area contributed by atoms with Crippen molar-refractivity contribution >= 4 is 11.6 Å². The van der Waals surface area contributed by atoms with E-state index in [4.69, 9.17) is 16.3 Å². The molecular formula is C13H16ClN3O. The molecule has 0 atom stereocenters. The summed E-state index contributed by atoms with van der Waals surface area (Å²) in [5.41, 5.74) is 4.21. The number of aromatic nitrogens is 3. The number of halogens is 1. The number of aryl methyl sites for hydroxylation is 2. The van der Waals surface area contributed by atoms with E-state index in [0.717, 1.165) is 46.0 Å². The molecule has 0 radical (unpaired) electrons. The zero-order valence-electron chi connectivity index (χ0n) is 10.7. The van der Waals surface area contributed by atoms with Gasteiger partial charge in [0.15, 0.2) is 0 Å². The Morgan fingerprint density at radius 2 is 2.11 bits per heavy atom. The van der Waals surface area contributed by atoms with Gasteiger partial charge in [-0.2, -0.15) is 15.4 Å². The van der Waals surface area contributed by atoms with Crippen LogP contribution in [0.25, 0.3) is 0 Å². The molecule has 0 aliphatic heterocycles. The molecule has 0 amide bonds. The molecule has 2 rings (SSSR count). The van der Waals surface area contributed by atoms with Crippen LogP contribution in [0.3, 0.4) is 0 Å². The van der Waals surface area contributed by atoms with Crippen LogP contribution < -0.4 is 4.74 Å². The number of hydrogen-bond donors (Lipinski definition) is 1. The van der Waals surface area contributed by atoms with E-state index in [2.05, 4.69) is 15.4 Å². The van der Waals surface area contributed by atoms with Gasteiger partial charge in [0.25, 0.3) is 0 Å². The van der Waals surface area contributed by atoms with Crippen LogP contribution in [0.15, 0.2) is 12.3 Å². The average molecular weight is 266 g/mol. The molecule has 1 heterocycles. The van der Waals surface area contributed by atoms with E-state index >= 15 is 0 Å². The second-order valence-electron chi connectivity index (χ2n) is 4.27. The van der Waals surface area contributed by atoms with Gasteiger partial charge in [-0.3, -0.25) is 0 Å². The van der Waals surface area contributed by atoms with Gasteiger partial charge in [0, 0.05) is 5.02 Å². The number of aromatic amines is 1. The van der Waals surface area contributed by atoms with Crippen LogP contribution in [0, 0.1) is 13.8 Å². The van der Waals surface area contributed by atoms with Crippen molar-refractivity contribution < 1.29 is 4.74 Å². The van der Waals surface area contributed by atoms with E-state index in [1.807, 2.05) is 19.9 Å². The minimum Gasteiger partial charge on any atom is -0.496 e. The number of ether oxygens (including phenoxy) is 1. The zero-order valence-corrected chi connectivity index (χ0v) is 11.5. The number of nitrogens with one attached hydrogen (secondary N) is 1. The van der Waals surface area contributed by atoms with Crippen LogP contribution in [-0.4, -0.2) is 22.5 Å². The molecule has 0 aliphatic rings. The minimum atomic E-state index is 0.781. The van der Waals surface area contributed by atoms with Gasteiger partial charge < -0.3 is 4.74 Å². The molecular weight excluding hydrogens is 250 g/mol. The first-order chi connectivity index (χ1) is 8.63. The molecule has 18 heavy (non-hydrogen) atoms. The lowest BCUT2D eigenvalue weighted by Crippen LogP contribution is -2.01. The number of methoxy groups -OCH3 is 1. The normalized spacial score (nSPS) is 10.7. The van der Waals surface area contributed by atoms with E-state index < -0.39 is 0 Å². The van der Waals surface area contributed by atoms with Crippen LogP contribution in [0.2, 0.25) is 5.02 Å². The second-order valence-corrected chi connectivity index (χ2v) is 4.68. The Kier molecular flexibility index (Phi) is 3.87. The van der Waals surface area contributed by atoms with E-state index in [-0.39, 0.29) is 0 Å². The van der Waals surface area contributed by atoms with Gasteiger partial charge in [-0.25, -0.2) is 0 Å². The van der Waals surface area contributed by atoms with Crippen molar-refractivity contribution in [2.75, 3.05) is 7.11 Å². The Bertz CT molecular complexity index is 538. The fourth-order valence-electron chi connectivity index (χ4n) is 2.10. The van der Waals surface area contributed by atoms with Gasteiger partial charge in [0.1, 0.15) is 5.75 Å². The Balaban J connectivity index is 2.30. The standard InChI is InChI=1S/C13H16ClN3O/c1-8-6-12(14)9(2)11(13(8)18-3)5-4-10-7-15-17-16-10/h6-7H,4-5H2,1-3H3,(H,15,16,17). The summed E-state index contributed by atoms with van der Waals surface area (Å²) in [6.45, 7) is 4.02. The van der Waals surface area contributed by atoms with Crippen LogP contribution in [0.1, 0.15) is 22.4 Å². The number of benzene rings is 1. The Hall–Kier alpha value is -1.55. The van der Waals surface area contributed by atoms with Crippen molar-refractivity contribution in [3.8, 4) is 5.75 Å². The third kappa shape index (κ3) is 2.48. The lowest BCUT2D eigenvalue weighted by atomic mass is 9.99. The van der Waals surface area contributed by atoms with Crippen molar-refractivity contribution in [3.63, 3.8) is 0 Å². The molecule has 0 spiro atoms. The average Bonchev–Trinajstić information content (AvgIpc) is 2.85. The van der Waals surface area contributed by atoms with Crippen molar-refractivity contribution in [1.29, 1.82) is 0 Å². The van der Waals surface area contributed by atoms with E-state index in [1.165, 1.54) is 0 Å². The highest BCUT2D eigenvalue weighted by Crippen LogP contribution is 2.32. The van der Waals surface area contributed by atoms with Crippen molar-refractivity contribution in [1.82, 2.24) is 15.4 Å². The van der Waals surface area contributed by atoms with E-state index in [1.54, 1.807) is 13.3 Å². The summed E-state index contributed by atoms with van der Waals surface area (Å²) >= 11 is 6.22. The summed E-state index contributed by atoms with van der Waals surface area (Å²) in [6.07, 6.45) is 3.38. The topological polar surface area (TPSA) is 50.8 Å². The summed E-state index contributed by atoms with van der Waals surface area (Å²) < 4.78 is 5.48. The molecule has 1 aromatic heterocycles. The smallest absolute Gasteiger partial charge is 0.125 e. The van der Waals surface area contributed by atoms with Crippen LogP contribution in [0.4, 0.5) is 0 Å². The first-order valence-electron chi connectivity index (χ1n) is 5.80. The highest BCUT2D eigenvalue weighted by atomic mass is 35.5. The summed E-state index contributed by atoms with van der Waals surface area (Å²) in [5.74, 6) is 0.917. The molecule has 2 aromatic rings. The first-order valence-corrected chi connectivity index (χ1v) is 6.18. The number of nitrogens with zero attached hydrogens (tertiary/aromatic N) is 2. The third-order valence-corrected chi connectivity index (χ3v) is 3.48. The van der Waals surface area contributed by atoms with Crippen molar-refractivity contribution in [2.45, 2.75) is 26.7 Å². The molecule has 5 heteroatoms. The zero-order chi connectivity index (χ0) is 13.1. The Morgan fingerprint density at radius 1 is 1.33 bits per heavy atom. The predicted octanol–water partition coefficient (Wildman–Crippen LogP) is 2.87. The molecule has 0 saturated carbocycles. The maximum absolute atomic E-state index is 6.22. The Morgan fingerprint density at radius 3 is 2.72 bits per heavy atom. The highest BCUT2D eigenvalue weighted by molar-refractivity contribution is 6.31. The summed E-state index contributed by atoms with van der Waals surface area (Å²) in [5, 5.41) is 11.2. The fraction of sp³-hybridized carbons (Fsp3) is 0.385. The molecule has 0 saturated heterocycles. The second kappa shape index (κ2) is 5.40. The fourth-order valence-corrected chi connectivity index (χ4v) is 2.38. The highest BCUT2D eigenvalue weighted by Gasteiger charge is 2.13. The molecule has 4 nitrogen and oxygen atoms in total. The van der Waals surface area contributed by atoms with Crippen LogP contribution in [0.5, 0.6) is 5.75 Å². The van der Waals surface area contributed by atoms with Gasteiger partial charge in [-0.15, -0.1) is 0 Å². The maximum Gasteiger partial charge on any atom is 0.125 e. The number of rotatable bonds is 4. The van der Waals surface area contributed by atoms with Gasteiger partial charge in [0.2, 0.25) is 0 Å². The lowest BCUT2D eigenvalue weighted by molar-refractivity contribution is 0.406. The molecule has 0 bridgehead atoms. The summed E-state index contributed by atoms with van der Waals surface area (Å²) in [6, 6.07) is 1.94. The quantitative estimate of drug-likeness (QED) is 0.925. The van der Waals surface area contributed by atoms with Gasteiger partial charge in [0.05, 0.1) is 19.0 Å². The molecule has 0 fully saturated rings. The molecule has 1 aromatic carbocycles. The molecule has 96 valence electrons. The first kappa shape index (κ1) is 12.9. The molecule has 0 unspecified atom stereocenters. The summed E-state index contributed by atoms with van der Waals surface area (Å²) in [7, 11) is 1.69. The molecule has 0 aliphatic carbocycles. The molecule has 1 N–H and O–H groups in total. The van der Waals surface area contributed by atoms with Crippen LogP contribution >= 0.6 is 11.6 Å². The SMILES string of the molecule is COc1c(C)cc(Cl)c(C)c1CCc1cn[nH]n1. The lowest BCUT2D eigenvalue weighted by Gasteiger charge is -2.15. The van der Waals surface area contributed by atoms with E-state index in [0.29, 0.717) is 0 Å². The van der Waals surface area contributed by atoms with Gasteiger partial charge in [-0.1, -0.05) is 11.6 Å². The minimum absolute atomic E-state index is 0.781. The number of hydrogen-bond acceptors (Lipinski definition) is 3. The van der Waals surface area contributed by atoms with Gasteiger partial charge in [-0.05, 0) is 49.4 Å². The van der Waals surface area contributed by atoms with Crippen molar-refractivity contribution in [3.05, 3.63) is 39.7 Å². The monoisotopic (exact) mass is 265 g/mol. The van der Waals surface area contributed by atoms with Gasteiger partial charge >= 0.3 is 0 Å². The van der Waals surface area contributed by atoms with Crippen LogP contribution in [-0.2, 0) is 12.8 Å². The predicted molar refractivity (Wildman–Crippen MR) is 71.3 cm³/mol. The van der Waals surface area contributed by atoms with E-state index in [9.17, 15) is 0 Å². The summed E-state index contributed by atoms with van der Waals surface area (Å²) in [4.78, 5) is 0.